The molecule has 1 atom stereocenters. The molecule has 2 heterocycles. The number of carbonyl (C=O) groups is 1. The molecule has 1 N–H and O–H groups in total. The van der Waals surface area contributed by atoms with Crippen molar-refractivity contribution in [3.05, 3.63) is 23.8 Å². The van der Waals surface area contributed by atoms with Crippen molar-refractivity contribution in [1.82, 2.24) is 0 Å². The van der Waals surface area contributed by atoms with E-state index in [2.05, 4.69) is 5.32 Å². The predicted octanol–water partition coefficient (Wildman–Crippen LogP) is 2.23. The van der Waals surface area contributed by atoms with Gasteiger partial charge in [-0.25, -0.2) is 0 Å². The number of hydrogen-bond acceptors (Lipinski definition) is 3. The van der Waals surface area contributed by atoms with Crippen LogP contribution in [0.5, 0.6) is 5.75 Å². The summed E-state index contributed by atoms with van der Waals surface area (Å²) in [6, 6.07) is 5.89. The molecule has 2 aliphatic heterocycles. The van der Waals surface area contributed by atoms with Gasteiger partial charge >= 0.3 is 0 Å². The van der Waals surface area contributed by atoms with Gasteiger partial charge in [-0.15, -0.1) is 0 Å². The first-order valence-corrected chi connectivity index (χ1v) is 6.99. The second kappa shape index (κ2) is 3.97. The summed E-state index contributed by atoms with van der Waals surface area (Å²) in [5.74, 6) is 1.01. The quantitative estimate of drug-likeness (QED) is 0.847. The molecule has 4 heteroatoms. The van der Waals surface area contributed by atoms with Crippen molar-refractivity contribution in [2.45, 2.75) is 37.2 Å². The summed E-state index contributed by atoms with van der Waals surface area (Å²) in [7, 11) is 0. The molecule has 3 aliphatic rings. The zero-order chi connectivity index (χ0) is 12.9. The first-order valence-electron chi connectivity index (χ1n) is 6.99. The van der Waals surface area contributed by atoms with E-state index in [0.29, 0.717) is 6.61 Å². The smallest absolute Gasteiger partial charge is 0.235 e. The van der Waals surface area contributed by atoms with E-state index in [1.165, 1.54) is 0 Å². The molecular formula is C15H17NO3. The van der Waals surface area contributed by atoms with Crippen molar-refractivity contribution in [1.29, 1.82) is 0 Å². The van der Waals surface area contributed by atoms with Crippen LogP contribution in [-0.4, -0.2) is 25.2 Å². The van der Waals surface area contributed by atoms with Crippen molar-refractivity contribution in [2.24, 2.45) is 0 Å². The Hall–Kier alpha value is -1.55. The molecule has 1 saturated carbocycles. The minimum atomic E-state index is -0.337. The Labute approximate surface area is 112 Å². The number of benzene rings is 1. The summed E-state index contributed by atoms with van der Waals surface area (Å²) in [4.78, 5) is 12.4. The molecule has 1 aromatic carbocycles. The van der Waals surface area contributed by atoms with Gasteiger partial charge in [0.1, 0.15) is 18.5 Å². The molecule has 100 valence electrons. The first-order chi connectivity index (χ1) is 9.29. The highest BCUT2D eigenvalue weighted by Gasteiger charge is 2.50. The summed E-state index contributed by atoms with van der Waals surface area (Å²) >= 11 is 0. The second-order valence-corrected chi connectivity index (χ2v) is 5.69. The third kappa shape index (κ3) is 1.66. The van der Waals surface area contributed by atoms with Crippen molar-refractivity contribution < 1.29 is 14.3 Å². The SMILES string of the molecule is O=C1Nc2cccc(OCC3CO3)c2C12CCCC2. The number of amides is 1. The minimum Gasteiger partial charge on any atom is -0.490 e. The van der Waals surface area contributed by atoms with E-state index >= 15 is 0 Å². The van der Waals surface area contributed by atoms with Crippen LogP contribution in [0.3, 0.4) is 0 Å². The third-order valence-corrected chi connectivity index (χ3v) is 4.47. The fraction of sp³-hybridized carbons (Fsp3) is 0.533. The summed E-state index contributed by atoms with van der Waals surface area (Å²) < 4.78 is 11.1. The number of carbonyl (C=O) groups excluding carboxylic acids is 1. The molecule has 4 nitrogen and oxygen atoms in total. The van der Waals surface area contributed by atoms with E-state index in [0.717, 1.165) is 49.3 Å². The fourth-order valence-corrected chi connectivity index (χ4v) is 3.41. The van der Waals surface area contributed by atoms with Crippen molar-refractivity contribution in [3.63, 3.8) is 0 Å². The highest BCUT2D eigenvalue weighted by atomic mass is 16.6. The Kier molecular flexibility index (Phi) is 2.36. The molecule has 0 bridgehead atoms. The monoisotopic (exact) mass is 259 g/mol. The van der Waals surface area contributed by atoms with E-state index < -0.39 is 0 Å². The minimum absolute atomic E-state index is 0.152. The third-order valence-electron chi connectivity index (χ3n) is 4.47. The highest BCUT2D eigenvalue weighted by molar-refractivity contribution is 6.07. The number of ether oxygens (including phenoxy) is 2. The van der Waals surface area contributed by atoms with Crippen molar-refractivity contribution >= 4 is 11.6 Å². The molecule has 0 radical (unpaired) electrons. The maximum atomic E-state index is 12.4. The lowest BCUT2D eigenvalue weighted by Gasteiger charge is -2.23. The molecule has 0 aromatic heterocycles. The summed E-state index contributed by atoms with van der Waals surface area (Å²) in [6.07, 6.45) is 4.35. The van der Waals surface area contributed by atoms with Gasteiger partial charge in [-0.1, -0.05) is 18.9 Å². The normalized spacial score (nSPS) is 26.3. The fourth-order valence-electron chi connectivity index (χ4n) is 3.41. The Morgan fingerprint density at radius 1 is 1.37 bits per heavy atom. The van der Waals surface area contributed by atoms with E-state index in [-0.39, 0.29) is 17.4 Å². The van der Waals surface area contributed by atoms with Crippen LogP contribution < -0.4 is 10.1 Å². The van der Waals surface area contributed by atoms with Gasteiger partial charge in [-0.3, -0.25) is 4.79 Å². The van der Waals surface area contributed by atoms with Gasteiger partial charge < -0.3 is 14.8 Å². The van der Waals surface area contributed by atoms with Gasteiger partial charge in [0.25, 0.3) is 0 Å². The number of nitrogens with one attached hydrogen (secondary N) is 1. The number of anilines is 1. The zero-order valence-electron chi connectivity index (χ0n) is 10.8. The molecular weight excluding hydrogens is 242 g/mol. The Bertz CT molecular complexity index is 530. The maximum Gasteiger partial charge on any atom is 0.235 e. The topological polar surface area (TPSA) is 50.9 Å². The highest BCUT2D eigenvalue weighted by Crippen LogP contribution is 2.52. The van der Waals surface area contributed by atoms with E-state index in [4.69, 9.17) is 9.47 Å². The lowest BCUT2D eigenvalue weighted by atomic mass is 9.79. The van der Waals surface area contributed by atoms with Gasteiger partial charge in [0, 0.05) is 11.3 Å². The van der Waals surface area contributed by atoms with Crippen LogP contribution in [0.4, 0.5) is 5.69 Å². The zero-order valence-corrected chi connectivity index (χ0v) is 10.8. The van der Waals surface area contributed by atoms with Crippen LogP contribution in [0.1, 0.15) is 31.2 Å². The number of rotatable bonds is 3. The van der Waals surface area contributed by atoms with Crippen LogP contribution in [0, 0.1) is 0 Å². The molecule has 1 saturated heterocycles. The van der Waals surface area contributed by atoms with Crippen LogP contribution in [0.2, 0.25) is 0 Å². The number of epoxide rings is 1. The Balaban J connectivity index is 1.73. The van der Waals surface area contributed by atoms with Gasteiger partial charge in [-0.05, 0) is 25.0 Å². The lowest BCUT2D eigenvalue weighted by Crippen LogP contribution is -2.31. The van der Waals surface area contributed by atoms with Crippen molar-refractivity contribution in [2.75, 3.05) is 18.5 Å². The average molecular weight is 259 g/mol. The van der Waals surface area contributed by atoms with Crippen molar-refractivity contribution in [3.8, 4) is 5.75 Å². The lowest BCUT2D eigenvalue weighted by molar-refractivity contribution is -0.120. The second-order valence-electron chi connectivity index (χ2n) is 5.69. The molecule has 19 heavy (non-hydrogen) atoms. The predicted molar refractivity (Wildman–Crippen MR) is 70.5 cm³/mol. The molecule has 1 aliphatic carbocycles. The first kappa shape index (κ1) is 11.3. The van der Waals surface area contributed by atoms with Gasteiger partial charge in [0.05, 0.1) is 12.0 Å². The van der Waals surface area contributed by atoms with E-state index in [9.17, 15) is 4.79 Å². The number of fused-ring (bicyclic) bond motifs is 2. The number of hydrogen-bond donors (Lipinski definition) is 1. The molecule has 4 rings (SSSR count). The molecule has 1 aromatic rings. The van der Waals surface area contributed by atoms with Crippen LogP contribution in [0.25, 0.3) is 0 Å². The molecule has 2 fully saturated rings. The van der Waals surface area contributed by atoms with Gasteiger partial charge in [0.2, 0.25) is 5.91 Å². The van der Waals surface area contributed by atoms with E-state index in [1.807, 2.05) is 18.2 Å². The average Bonchev–Trinajstić information content (AvgIpc) is 3.04. The molecule has 1 unspecified atom stereocenters. The van der Waals surface area contributed by atoms with Gasteiger partial charge in [-0.2, -0.15) is 0 Å². The Morgan fingerprint density at radius 3 is 2.89 bits per heavy atom. The standard InChI is InChI=1S/C15H17NO3/c17-14-15(6-1-2-7-15)13-11(16-14)4-3-5-12(13)19-9-10-8-18-10/h3-5,10H,1-2,6-9H2,(H,16,17). The largest absolute Gasteiger partial charge is 0.490 e. The summed E-state index contributed by atoms with van der Waals surface area (Å²) in [5.41, 5.74) is 1.68. The molecule has 1 amide bonds. The van der Waals surface area contributed by atoms with Gasteiger partial charge in [0.15, 0.2) is 0 Å². The maximum absolute atomic E-state index is 12.4. The van der Waals surface area contributed by atoms with Crippen LogP contribution in [0.15, 0.2) is 18.2 Å². The Morgan fingerprint density at radius 2 is 2.16 bits per heavy atom. The summed E-state index contributed by atoms with van der Waals surface area (Å²) in [6.45, 7) is 1.37. The van der Waals surface area contributed by atoms with E-state index in [1.54, 1.807) is 0 Å². The van der Waals surface area contributed by atoms with Crippen LogP contribution >= 0.6 is 0 Å². The van der Waals surface area contributed by atoms with Crippen LogP contribution in [-0.2, 0) is 14.9 Å². The summed E-state index contributed by atoms with van der Waals surface area (Å²) in [5, 5.41) is 3.02. The molecule has 1 spiro atoms.